The van der Waals surface area contributed by atoms with Crippen molar-refractivity contribution >= 4 is 40.3 Å². The second kappa shape index (κ2) is 8.01. The summed E-state index contributed by atoms with van der Waals surface area (Å²) in [7, 11) is 0. The third-order valence-corrected chi connectivity index (χ3v) is 5.73. The Bertz CT molecular complexity index is 1290. The number of aromatic nitrogens is 1. The first-order chi connectivity index (χ1) is 15.5. The molecule has 0 atom stereocenters. The molecule has 0 unspecified atom stereocenters. The van der Waals surface area contributed by atoms with E-state index in [1.807, 2.05) is 24.3 Å². The molecule has 1 fully saturated rings. The molecule has 0 bridgehead atoms. The number of amides is 2. The molecular formula is C25H21N3O4. The Kier molecular flexibility index (Phi) is 5.03. The number of benzene rings is 2. The number of pyridine rings is 1. The molecule has 3 heterocycles. The largest absolute Gasteiger partial charge is 0.378 e. The molecule has 2 aromatic carbocycles. The van der Waals surface area contributed by atoms with E-state index in [1.165, 1.54) is 11.8 Å². The minimum absolute atomic E-state index is 0.101. The zero-order valence-corrected chi connectivity index (χ0v) is 17.6. The number of anilines is 1. The van der Waals surface area contributed by atoms with Gasteiger partial charge in [0.05, 0.1) is 41.4 Å². The fourth-order valence-electron chi connectivity index (χ4n) is 4.22. The lowest BCUT2D eigenvalue weighted by Crippen LogP contribution is -2.40. The van der Waals surface area contributed by atoms with E-state index in [0.717, 1.165) is 5.39 Å². The number of allylic oxidation sites excluding steroid dienone is 1. The molecule has 1 saturated heterocycles. The van der Waals surface area contributed by atoms with Crippen LogP contribution in [-0.4, -0.2) is 53.8 Å². The number of ketones is 1. The van der Waals surface area contributed by atoms with Gasteiger partial charge in [-0.1, -0.05) is 30.3 Å². The topological polar surface area (TPSA) is 79.8 Å². The molecule has 32 heavy (non-hydrogen) atoms. The SMILES string of the molecule is CC(=O)N1C(=Cc2cc(C(=O)N3CCOCC3)c3ccccc3n2)C(=O)c2ccccc21. The molecule has 7 heteroatoms. The molecule has 3 aromatic rings. The Hall–Kier alpha value is -3.84. The first kappa shape index (κ1) is 20.1. The van der Waals surface area contributed by atoms with Gasteiger partial charge in [-0.2, -0.15) is 0 Å². The average Bonchev–Trinajstić information content (AvgIpc) is 3.10. The molecule has 160 valence electrons. The van der Waals surface area contributed by atoms with E-state index in [-0.39, 0.29) is 23.3 Å². The van der Waals surface area contributed by atoms with Gasteiger partial charge in [-0.25, -0.2) is 4.98 Å². The predicted octanol–water partition coefficient (Wildman–Crippen LogP) is 3.30. The molecule has 0 N–H and O–H groups in total. The van der Waals surface area contributed by atoms with E-state index >= 15 is 0 Å². The molecular weight excluding hydrogens is 406 g/mol. The third kappa shape index (κ3) is 3.36. The Morgan fingerprint density at radius 2 is 1.75 bits per heavy atom. The summed E-state index contributed by atoms with van der Waals surface area (Å²) in [5, 5.41) is 0.746. The molecule has 0 saturated carbocycles. The first-order valence-electron chi connectivity index (χ1n) is 10.5. The van der Waals surface area contributed by atoms with Crippen molar-refractivity contribution in [3.8, 4) is 0 Å². The summed E-state index contributed by atoms with van der Waals surface area (Å²) in [6.07, 6.45) is 1.59. The van der Waals surface area contributed by atoms with Gasteiger partial charge in [-0.3, -0.25) is 19.3 Å². The number of morpholine rings is 1. The second-order valence-electron chi connectivity index (χ2n) is 7.75. The summed E-state index contributed by atoms with van der Waals surface area (Å²) in [6.45, 7) is 3.48. The van der Waals surface area contributed by atoms with Gasteiger partial charge in [-0.15, -0.1) is 0 Å². The third-order valence-electron chi connectivity index (χ3n) is 5.73. The van der Waals surface area contributed by atoms with Gasteiger partial charge in [0.25, 0.3) is 5.91 Å². The molecule has 2 aliphatic heterocycles. The fourth-order valence-corrected chi connectivity index (χ4v) is 4.22. The first-order valence-corrected chi connectivity index (χ1v) is 10.5. The maximum atomic E-state index is 13.3. The number of carbonyl (C=O) groups excluding carboxylic acids is 3. The zero-order chi connectivity index (χ0) is 22.2. The van der Waals surface area contributed by atoms with Crippen molar-refractivity contribution in [1.29, 1.82) is 0 Å². The Labute approximate surface area is 184 Å². The van der Waals surface area contributed by atoms with E-state index in [4.69, 9.17) is 4.74 Å². The van der Waals surface area contributed by atoms with Gasteiger partial charge in [0, 0.05) is 31.0 Å². The highest BCUT2D eigenvalue weighted by molar-refractivity contribution is 6.26. The Morgan fingerprint density at radius 3 is 2.53 bits per heavy atom. The fraction of sp³-hybridized carbons (Fsp3) is 0.200. The smallest absolute Gasteiger partial charge is 0.254 e. The Balaban J connectivity index is 1.63. The predicted molar refractivity (Wildman–Crippen MR) is 120 cm³/mol. The van der Waals surface area contributed by atoms with Gasteiger partial charge in [0.2, 0.25) is 11.7 Å². The average molecular weight is 427 g/mol. The van der Waals surface area contributed by atoms with Crippen LogP contribution in [0.2, 0.25) is 0 Å². The van der Waals surface area contributed by atoms with Gasteiger partial charge in [-0.05, 0) is 30.3 Å². The van der Waals surface area contributed by atoms with Crippen LogP contribution in [0.1, 0.15) is 33.3 Å². The lowest BCUT2D eigenvalue weighted by atomic mass is 10.0. The van der Waals surface area contributed by atoms with Gasteiger partial charge >= 0.3 is 0 Å². The summed E-state index contributed by atoms with van der Waals surface area (Å²) in [5.74, 6) is -0.609. The molecule has 0 aliphatic carbocycles. The van der Waals surface area contributed by atoms with Crippen molar-refractivity contribution in [3.05, 3.63) is 77.1 Å². The van der Waals surface area contributed by atoms with Crippen LogP contribution in [0.25, 0.3) is 17.0 Å². The molecule has 0 radical (unpaired) electrons. The van der Waals surface area contributed by atoms with Crippen LogP contribution >= 0.6 is 0 Å². The number of carbonyl (C=O) groups is 3. The highest BCUT2D eigenvalue weighted by Crippen LogP contribution is 2.35. The van der Waals surface area contributed by atoms with E-state index in [1.54, 1.807) is 41.3 Å². The number of hydrogen-bond acceptors (Lipinski definition) is 5. The lowest BCUT2D eigenvalue weighted by molar-refractivity contribution is -0.116. The maximum Gasteiger partial charge on any atom is 0.254 e. The van der Waals surface area contributed by atoms with Crippen molar-refractivity contribution in [1.82, 2.24) is 9.88 Å². The van der Waals surface area contributed by atoms with Gasteiger partial charge in [0.1, 0.15) is 0 Å². The van der Waals surface area contributed by atoms with E-state index < -0.39 is 0 Å². The second-order valence-corrected chi connectivity index (χ2v) is 7.75. The number of hydrogen-bond donors (Lipinski definition) is 0. The normalized spacial score (nSPS) is 17.2. The zero-order valence-electron chi connectivity index (χ0n) is 17.6. The van der Waals surface area contributed by atoms with Crippen molar-refractivity contribution < 1.29 is 19.1 Å². The monoisotopic (exact) mass is 427 g/mol. The van der Waals surface area contributed by atoms with Crippen LogP contribution in [-0.2, 0) is 9.53 Å². The van der Waals surface area contributed by atoms with Crippen LogP contribution in [0, 0.1) is 0 Å². The van der Waals surface area contributed by atoms with Crippen molar-refractivity contribution in [2.75, 3.05) is 31.2 Å². The van der Waals surface area contributed by atoms with E-state index in [9.17, 15) is 14.4 Å². The highest BCUT2D eigenvalue weighted by atomic mass is 16.5. The van der Waals surface area contributed by atoms with Gasteiger partial charge < -0.3 is 9.64 Å². The molecule has 2 amide bonds. The van der Waals surface area contributed by atoms with Crippen LogP contribution in [0.15, 0.2) is 60.3 Å². The molecule has 2 aliphatic rings. The van der Waals surface area contributed by atoms with Gasteiger partial charge in [0.15, 0.2) is 0 Å². The number of nitrogens with zero attached hydrogens (tertiary/aromatic N) is 3. The van der Waals surface area contributed by atoms with Crippen LogP contribution in [0.4, 0.5) is 5.69 Å². The molecule has 0 spiro atoms. The summed E-state index contributed by atoms with van der Waals surface area (Å²) in [4.78, 5) is 46.6. The van der Waals surface area contributed by atoms with Crippen LogP contribution in [0.5, 0.6) is 0 Å². The van der Waals surface area contributed by atoms with Crippen molar-refractivity contribution in [3.63, 3.8) is 0 Å². The molecule has 7 nitrogen and oxygen atoms in total. The van der Waals surface area contributed by atoms with Crippen LogP contribution < -0.4 is 4.90 Å². The van der Waals surface area contributed by atoms with Crippen LogP contribution in [0.3, 0.4) is 0 Å². The molecule has 5 rings (SSSR count). The highest BCUT2D eigenvalue weighted by Gasteiger charge is 2.34. The van der Waals surface area contributed by atoms with Crippen molar-refractivity contribution in [2.45, 2.75) is 6.92 Å². The number of para-hydroxylation sites is 2. The van der Waals surface area contributed by atoms with E-state index in [0.29, 0.717) is 54.3 Å². The standard InChI is InChI=1S/C25H21N3O4/c1-16(29)28-22-9-5-3-7-19(22)24(30)23(28)15-17-14-20(18-6-2-4-8-21(18)26-17)25(31)27-10-12-32-13-11-27/h2-9,14-15H,10-13H2,1H3. The minimum atomic E-state index is -0.264. The lowest BCUT2D eigenvalue weighted by Gasteiger charge is -2.27. The summed E-state index contributed by atoms with van der Waals surface area (Å²) in [6, 6.07) is 16.1. The number of rotatable bonds is 2. The Morgan fingerprint density at radius 1 is 1.03 bits per heavy atom. The maximum absolute atomic E-state index is 13.3. The number of ether oxygens (including phenoxy) is 1. The minimum Gasteiger partial charge on any atom is -0.378 e. The summed E-state index contributed by atoms with van der Waals surface area (Å²) < 4.78 is 5.37. The van der Waals surface area contributed by atoms with E-state index in [2.05, 4.69) is 4.98 Å². The molecule has 1 aromatic heterocycles. The number of fused-ring (bicyclic) bond motifs is 2. The number of Topliss-reactive ketones (excluding diaryl/α,β-unsaturated/α-hetero) is 1. The summed E-state index contributed by atoms with van der Waals surface area (Å²) >= 11 is 0. The summed E-state index contributed by atoms with van der Waals surface area (Å²) in [5.41, 5.74) is 2.87. The van der Waals surface area contributed by atoms with Crippen molar-refractivity contribution in [2.24, 2.45) is 0 Å². The quantitative estimate of drug-likeness (QED) is 0.587.